The highest BCUT2D eigenvalue weighted by Gasteiger charge is 2.45. The van der Waals surface area contributed by atoms with Crippen LogP contribution in [0.3, 0.4) is 0 Å². The SMILES string of the molecule is CC(C)(C)COP(=O)(N1CCN(c2ncccn2)CC1)C(C)(C)C. The summed E-state index contributed by atoms with van der Waals surface area (Å²) < 4.78 is 21.8. The zero-order valence-corrected chi connectivity index (χ0v) is 16.7. The fourth-order valence-electron chi connectivity index (χ4n) is 2.59. The van der Waals surface area contributed by atoms with E-state index in [2.05, 4.69) is 35.6 Å². The Morgan fingerprint density at radius 3 is 2.04 bits per heavy atom. The van der Waals surface area contributed by atoms with Crippen LogP contribution in [0.2, 0.25) is 0 Å². The fraction of sp³-hybridized carbons (Fsp3) is 0.765. The van der Waals surface area contributed by atoms with Crippen molar-refractivity contribution >= 4 is 13.5 Å². The first kappa shape index (κ1) is 19.4. The van der Waals surface area contributed by atoms with E-state index in [4.69, 9.17) is 4.52 Å². The van der Waals surface area contributed by atoms with Crippen molar-refractivity contribution in [3.05, 3.63) is 18.5 Å². The number of aromatic nitrogens is 2. The van der Waals surface area contributed by atoms with E-state index >= 15 is 0 Å². The van der Waals surface area contributed by atoms with Crippen molar-refractivity contribution in [1.82, 2.24) is 14.6 Å². The van der Waals surface area contributed by atoms with Crippen molar-refractivity contribution in [2.75, 3.05) is 37.7 Å². The van der Waals surface area contributed by atoms with E-state index in [0.717, 1.165) is 19.0 Å². The Labute approximate surface area is 146 Å². The predicted molar refractivity (Wildman–Crippen MR) is 98.6 cm³/mol. The van der Waals surface area contributed by atoms with E-state index in [1.807, 2.05) is 31.5 Å². The standard InChI is InChI=1S/C17H31N4O2P/c1-16(2,3)14-23-24(22,17(4,5)6)21-12-10-20(11-13-21)15-18-8-7-9-19-15/h7-9H,10-14H2,1-6H3. The molecule has 1 saturated heterocycles. The van der Waals surface area contributed by atoms with Crippen molar-refractivity contribution in [3.63, 3.8) is 0 Å². The number of hydrogen-bond donors (Lipinski definition) is 0. The van der Waals surface area contributed by atoms with Crippen LogP contribution >= 0.6 is 7.52 Å². The average molecular weight is 354 g/mol. The highest BCUT2D eigenvalue weighted by molar-refractivity contribution is 7.58. The smallest absolute Gasteiger partial charge is 0.277 e. The van der Waals surface area contributed by atoms with Crippen molar-refractivity contribution in [2.45, 2.75) is 46.7 Å². The summed E-state index contributed by atoms with van der Waals surface area (Å²) in [4.78, 5) is 10.7. The average Bonchev–Trinajstić information content (AvgIpc) is 2.52. The van der Waals surface area contributed by atoms with Crippen LogP contribution in [-0.2, 0) is 9.09 Å². The van der Waals surface area contributed by atoms with Crippen molar-refractivity contribution in [3.8, 4) is 0 Å². The molecule has 1 aliphatic rings. The summed E-state index contributed by atoms with van der Waals surface area (Å²) in [6.07, 6.45) is 3.50. The van der Waals surface area contributed by atoms with Crippen LogP contribution in [-0.4, -0.2) is 52.6 Å². The highest BCUT2D eigenvalue weighted by atomic mass is 31.2. The van der Waals surface area contributed by atoms with Crippen LogP contribution < -0.4 is 4.90 Å². The molecule has 1 fully saturated rings. The van der Waals surface area contributed by atoms with Crippen LogP contribution in [0.1, 0.15) is 41.5 Å². The molecule has 0 radical (unpaired) electrons. The third-order valence-corrected chi connectivity index (χ3v) is 7.30. The van der Waals surface area contributed by atoms with Gasteiger partial charge in [-0.15, -0.1) is 0 Å². The predicted octanol–water partition coefficient (Wildman–Crippen LogP) is 3.65. The van der Waals surface area contributed by atoms with Crippen molar-refractivity contribution < 1.29 is 9.09 Å². The molecule has 136 valence electrons. The summed E-state index contributed by atoms with van der Waals surface area (Å²) in [7, 11) is -2.93. The van der Waals surface area contributed by atoms with Crippen molar-refractivity contribution in [1.29, 1.82) is 0 Å². The minimum atomic E-state index is -2.93. The molecule has 1 aromatic heterocycles. The summed E-state index contributed by atoms with van der Waals surface area (Å²) in [5.41, 5.74) is -0.0133. The Bertz CT molecular complexity index is 572. The Hall–Kier alpha value is -0.970. The van der Waals surface area contributed by atoms with Gasteiger partial charge in [0.1, 0.15) is 0 Å². The maximum absolute atomic E-state index is 13.7. The van der Waals surface area contributed by atoms with Gasteiger partial charge in [0.05, 0.1) is 11.8 Å². The summed E-state index contributed by atoms with van der Waals surface area (Å²) >= 11 is 0. The molecule has 1 atom stereocenters. The largest absolute Gasteiger partial charge is 0.338 e. The first-order chi connectivity index (χ1) is 11.0. The number of piperazine rings is 1. The molecule has 2 heterocycles. The van der Waals surface area contributed by atoms with Crippen LogP contribution in [0.5, 0.6) is 0 Å². The molecule has 0 bridgehead atoms. The number of hydrogen-bond acceptors (Lipinski definition) is 5. The van der Waals surface area contributed by atoms with Gasteiger partial charge in [0, 0.05) is 38.6 Å². The Balaban J connectivity index is 2.09. The van der Waals surface area contributed by atoms with Gasteiger partial charge in [0.15, 0.2) is 0 Å². The first-order valence-electron chi connectivity index (χ1n) is 8.55. The summed E-state index contributed by atoms with van der Waals surface area (Å²) in [5.74, 6) is 0.735. The molecular formula is C17H31N4O2P. The summed E-state index contributed by atoms with van der Waals surface area (Å²) in [5, 5.41) is -0.413. The molecule has 7 heteroatoms. The van der Waals surface area contributed by atoms with Gasteiger partial charge in [-0.05, 0) is 32.3 Å². The van der Waals surface area contributed by atoms with Crippen LogP contribution in [0, 0.1) is 5.41 Å². The van der Waals surface area contributed by atoms with Gasteiger partial charge in [-0.2, -0.15) is 0 Å². The first-order valence-corrected chi connectivity index (χ1v) is 10.1. The normalized spacial score (nSPS) is 20.0. The topological polar surface area (TPSA) is 58.6 Å². The number of rotatable bonds is 4. The minimum absolute atomic E-state index is 0.0133. The van der Waals surface area contributed by atoms with Gasteiger partial charge in [-0.25, -0.2) is 14.6 Å². The zero-order chi connectivity index (χ0) is 18.0. The second-order valence-corrected chi connectivity index (χ2v) is 11.7. The molecular weight excluding hydrogens is 323 g/mol. The van der Waals surface area contributed by atoms with E-state index in [1.54, 1.807) is 12.4 Å². The van der Waals surface area contributed by atoms with Crippen LogP contribution in [0.15, 0.2) is 18.5 Å². The molecule has 2 rings (SSSR count). The Morgan fingerprint density at radius 2 is 1.58 bits per heavy atom. The van der Waals surface area contributed by atoms with Gasteiger partial charge < -0.3 is 9.42 Å². The second kappa shape index (κ2) is 7.11. The molecule has 1 unspecified atom stereocenters. The van der Waals surface area contributed by atoms with Crippen LogP contribution in [0.25, 0.3) is 0 Å². The molecule has 0 aliphatic carbocycles. The molecule has 1 aliphatic heterocycles. The summed E-state index contributed by atoms with van der Waals surface area (Å²) in [6, 6.07) is 1.81. The third kappa shape index (κ3) is 4.56. The van der Waals surface area contributed by atoms with E-state index < -0.39 is 12.7 Å². The molecule has 24 heavy (non-hydrogen) atoms. The number of anilines is 1. The van der Waals surface area contributed by atoms with Gasteiger partial charge in [-0.3, -0.25) is 4.57 Å². The maximum atomic E-state index is 13.7. The van der Waals surface area contributed by atoms with Crippen LogP contribution in [0.4, 0.5) is 5.95 Å². The quantitative estimate of drug-likeness (QED) is 0.769. The number of nitrogens with zero attached hydrogens (tertiary/aromatic N) is 4. The third-order valence-electron chi connectivity index (χ3n) is 3.98. The monoisotopic (exact) mass is 354 g/mol. The van der Waals surface area contributed by atoms with E-state index in [1.165, 1.54) is 0 Å². The van der Waals surface area contributed by atoms with Gasteiger partial charge >= 0.3 is 0 Å². The Morgan fingerprint density at radius 1 is 1.04 bits per heavy atom. The van der Waals surface area contributed by atoms with Crippen molar-refractivity contribution in [2.24, 2.45) is 5.41 Å². The highest BCUT2D eigenvalue weighted by Crippen LogP contribution is 2.62. The lowest BCUT2D eigenvalue weighted by Gasteiger charge is -2.44. The minimum Gasteiger partial charge on any atom is -0.338 e. The molecule has 0 amide bonds. The molecule has 6 nitrogen and oxygen atoms in total. The van der Waals surface area contributed by atoms with Gasteiger partial charge in [-0.1, -0.05) is 20.8 Å². The fourth-order valence-corrected chi connectivity index (χ4v) is 5.26. The van der Waals surface area contributed by atoms with Gasteiger partial charge in [0.2, 0.25) is 5.95 Å². The second-order valence-electron chi connectivity index (χ2n) is 8.51. The lowest BCUT2D eigenvalue weighted by molar-refractivity contribution is 0.167. The zero-order valence-electron chi connectivity index (χ0n) is 15.8. The maximum Gasteiger partial charge on any atom is 0.277 e. The molecule has 0 spiro atoms. The molecule has 0 aromatic carbocycles. The Kier molecular flexibility index (Phi) is 5.73. The lowest BCUT2D eigenvalue weighted by Crippen LogP contribution is -2.48. The molecule has 1 aromatic rings. The summed E-state index contributed by atoms with van der Waals surface area (Å²) in [6.45, 7) is 15.7. The van der Waals surface area contributed by atoms with E-state index in [9.17, 15) is 4.57 Å². The lowest BCUT2D eigenvalue weighted by atomic mass is 9.99. The molecule has 0 N–H and O–H groups in total. The van der Waals surface area contributed by atoms with Gasteiger partial charge in [0.25, 0.3) is 7.52 Å². The molecule has 0 saturated carbocycles. The van der Waals surface area contributed by atoms with E-state index in [-0.39, 0.29) is 5.41 Å². The van der Waals surface area contributed by atoms with E-state index in [0.29, 0.717) is 19.7 Å².